The lowest BCUT2D eigenvalue weighted by Crippen LogP contribution is -2.35. The van der Waals surface area contributed by atoms with Gasteiger partial charge < -0.3 is 25.0 Å². The molecule has 162 valence electrons. The fourth-order valence-corrected chi connectivity index (χ4v) is 3.68. The summed E-state index contributed by atoms with van der Waals surface area (Å²) in [5.41, 5.74) is 2.32. The second kappa shape index (κ2) is 10.2. The van der Waals surface area contributed by atoms with Crippen LogP contribution in [0.2, 0.25) is 0 Å². The quantitative estimate of drug-likeness (QED) is 0.720. The summed E-state index contributed by atoms with van der Waals surface area (Å²) in [5.74, 6) is 1.03. The van der Waals surface area contributed by atoms with Crippen LogP contribution in [0, 0.1) is 0 Å². The van der Waals surface area contributed by atoms with Gasteiger partial charge in [-0.3, -0.25) is 4.79 Å². The molecule has 0 bridgehead atoms. The molecule has 0 spiro atoms. The number of dihydropyridines is 1. The van der Waals surface area contributed by atoms with E-state index in [2.05, 4.69) is 22.6 Å². The third-order valence-electron chi connectivity index (χ3n) is 5.48. The summed E-state index contributed by atoms with van der Waals surface area (Å²) in [6.45, 7) is 3.01. The zero-order chi connectivity index (χ0) is 21.5. The maximum absolute atomic E-state index is 13.1. The number of benzene rings is 2. The van der Waals surface area contributed by atoms with E-state index in [0.717, 1.165) is 37.2 Å². The van der Waals surface area contributed by atoms with E-state index in [4.69, 9.17) is 9.47 Å². The van der Waals surface area contributed by atoms with Gasteiger partial charge in [0.15, 0.2) is 0 Å². The second-order valence-electron chi connectivity index (χ2n) is 7.94. The van der Waals surface area contributed by atoms with E-state index >= 15 is 0 Å². The SMILES string of the molecule is CN1CCC(Oc2ccc(OCc3ccccc3)c(C(=O)NC3=CC=CNC3)c2)CC1. The third kappa shape index (κ3) is 5.89. The summed E-state index contributed by atoms with van der Waals surface area (Å²) < 4.78 is 12.2. The van der Waals surface area contributed by atoms with Crippen molar-refractivity contribution in [1.82, 2.24) is 15.5 Å². The largest absolute Gasteiger partial charge is 0.490 e. The monoisotopic (exact) mass is 419 g/mol. The van der Waals surface area contributed by atoms with Gasteiger partial charge in [-0.25, -0.2) is 0 Å². The molecule has 2 aromatic carbocycles. The predicted octanol–water partition coefficient (Wildman–Crippen LogP) is 3.47. The number of amides is 1. The lowest BCUT2D eigenvalue weighted by atomic mass is 10.1. The topological polar surface area (TPSA) is 62.8 Å². The van der Waals surface area contributed by atoms with Crippen LogP contribution in [0.5, 0.6) is 11.5 Å². The molecule has 0 saturated carbocycles. The molecule has 0 unspecified atom stereocenters. The third-order valence-corrected chi connectivity index (χ3v) is 5.48. The zero-order valence-corrected chi connectivity index (χ0v) is 17.8. The van der Waals surface area contributed by atoms with Crippen LogP contribution in [-0.4, -0.2) is 43.6 Å². The van der Waals surface area contributed by atoms with Crippen molar-refractivity contribution in [3.63, 3.8) is 0 Å². The van der Waals surface area contributed by atoms with Crippen LogP contribution in [0.25, 0.3) is 0 Å². The van der Waals surface area contributed by atoms with Crippen molar-refractivity contribution in [3.8, 4) is 11.5 Å². The highest BCUT2D eigenvalue weighted by atomic mass is 16.5. The Kier molecular flexibility index (Phi) is 6.89. The molecule has 0 atom stereocenters. The molecule has 2 heterocycles. The highest BCUT2D eigenvalue weighted by Crippen LogP contribution is 2.27. The van der Waals surface area contributed by atoms with Gasteiger partial charge in [0.2, 0.25) is 0 Å². The van der Waals surface area contributed by atoms with Gasteiger partial charge in [-0.2, -0.15) is 0 Å². The van der Waals surface area contributed by atoms with Crippen LogP contribution in [0.1, 0.15) is 28.8 Å². The first-order valence-electron chi connectivity index (χ1n) is 10.7. The smallest absolute Gasteiger partial charge is 0.259 e. The van der Waals surface area contributed by atoms with Crippen LogP contribution in [0.3, 0.4) is 0 Å². The molecular weight excluding hydrogens is 390 g/mol. The van der Waals surface area contributed by atoms with Crippen molar-refractivity contribution in [2.45, 2.75) is 25.6 Å². The predicted molar refractivity (Wildman–Crippen MR) is 121 cm³/mol. The second-order valence-corrected chi connectivity index (χ2v) is 7.94. The Morgan fingerprint density at radius 3 is 2.71 bits per heavy atom. The molecule has 0 aliphatic carbocycles. The number of allylic oxidation sites excluding steroid dienone is 2. The Morgan fingerprint density at radius 2 is 1.97 bits per heavy atom. The van der Waals surface area contributed by atoms with Crippen LogP contribution < -0.4 is 20.1 Å². The summed E-state index contributed by atoms with van der Waals surface area (Å²) in [6.07, 6.45) is 7.73. The zero-order valence-electron chi connectivity index (χ0n) is 17.8. The first-order valence-corrected chi connectivity index (χ1v) is 10.7. The molecular formula is C25H29N3O3. The molecule has 6 heteroatoms. The molecule has 0 aromatic heterocycles. The Labute approximate surface area is 183 Å². The Balaban J connectivity index is 1.51. The van der Waals surface area contributed by atoms with Crippen LogP contribution in [0.15, 0.2) is 72.6 Å². The van der Waals surface area contributed by atoms with E-state index in [0.29, 0.717) is 30.2 Å². The van der Waals surface area contributed by atoms with E-state index in [9.17, 15) is 4.79 Å². The van der Waals surface area contributed by atoms with Crippen LogP contribution >= 0.6 is 0 Å². The summed E-state index contributed by atoms with van der Waals surface area (Å²) >= 11 is 0. The Bertz CT molecular complexity index is 948. The minimum atomic E-state index is -0.208. The number of hydrogen-bond acceptors (Lipinski definition) is 5. The highest BCUT2D eigenvalue weighted by Gasteiger charge is 2.20. The minimum absolute atomic E-state index is 0.165. The summed E-state index contributed by atoms with van der Waals surface area (Å²) in [4.78, 5) is 15.4. The molecule has 1 saturated heterocycles. The van der Waals surface area contributed by atoms with Gasteiger partial charge in [-0.15, -0.1) is 0 Å². The van der Waals surface area contributed by atoms with E-state index in [1.165, 1.54) is 0 Å². The molecule has 4 rings (SSSR count). The number of ether oxygens (including phenoxy) is 2. The molecule has 31 heavy (non-hydrogen) atoms. The van der Waals surface area contributed by atoms with Gasteiger partial charge in [0.1, 0.15) is 24.2 Å². The van der Waals surface area contributed by atoms with Gasteiger partial charge in [-0.1, -0.05) is 30.3 Å². The van der Waals surface area contributed by atoms with E-state index in [1.807, 2.05) is 60.8 Å². The van der Waals surface area contributed by atoms with Crippen molar-refractivity contribution in [2.24, 2.45) is 0 Å². The van der Waals surface area contributed by atoms with Gasteiger partial charge >= 0.3 is 0 Å². The van der Waals surface area contributed by atoms with Crippen molar-refractivity contribution in [3.05, 3.63) is 83.7 Å². The summed E-state index contributed by atoms with van der Waals surface area (Å²) in [7, 11) is 2.13. The number of nitrogens with zero attached hydrogens (tertiary/aromatic N) is 1. The standard InChI is InChI=1S/C25H29N3O3/c1-28-14-11-21(12-15-28)31-22-9-10-24(30-18-19-6-3-2-4-7-19)23(16-22)25(29)27-20-8-5-13-26-17-20/h2-10,13,16,21,26H,11-12,14-15,17-18H2,1H3,(H,27,29). The lowest BCUT2D eigenvalue weighted by molar-refractivity contribution is 0.0956. The fraction of sp³-hybridized carbons (Fsp3) is 0.320. The number of likely N-dealkylation sites (tertiary alicyclic amines) is 1. The molecule has 1 amide bonds. The Morgan fingerprint density at radius 1 is 1.16 bits per heavy atom. The number of nitrogens with one attached hydrogen (secondary N) is 2. The van der Waals surface area contributed by atoms with Crippen LogP contribution in [0.4, 0.5) is 0 Å². The Hall–Kier alpha value is -3.25. The normalized spacial score (nSPS) is 16.9. The van der Waals surface area contributed by atoms with Gasteiger partial charge in [0, 0.05) is 18.8 Å². The number of piperidine rings is 1. The first kappa shape index (κ1) is 21.0. The van der Waals surface area contributed by atoms with Crippen molar-refractivity contribution >= 4 is 5.91 Å². The molecule has 1 fully saturated rings. The average molecular weight is 420 g/mol. The van der Waals surface area contributed by atoms with Gasteiger partial charge in [0.25, 0.3) is 5.91 Å². The average Bonchev–Trinajstić information content (AvgIpc) is 2.81. The molecule has 2 N–H and O–H groups in total. The minimum Gasteiger partial charge on any atom is -0.490 e. The molecule has 6 nitrogen and oxygen atoms in total. The maximum atomic E-state index is 13.1. The molecule has 2 aliphatic heterocycles. The van der Waals surface area contributed by atoms with Crippen molar-refractivity contribution < 1.29 is 14.3 Å². The van der Waals surface area contributed by atoms with E-state index in [-0.39, 0.29) is 12.0 Å². The molecule has 2 aromatic rings. The fourth-order valence-electron chi connectivity index (χ4n) is 3.68. The number of hydrogen-bond donors (Lipinski definition) is 2. The number of carbonyl (C=O) groups is 1. The lowest BCUT2D eigenvalue weighted by Gasteiger charge is -2.29. The van der Waals surface area contributed by atoms with Crippen molar-refractivity contribution in [2.75, 3.05) is 26.7 Å². The maximum Gasteiger partial charge on any atom is 0.259 e. The highest BCUT2D eigenvalue weighted by molar-refractivity contribution is 5.98. The van der Waals surface area contributed by atoms with Crippen molar-refractivity contribution in [1.29, 1.82) is 0 Å². The van der Waals surface area contributed by atoms with Gasteiger partial charge in [-0.05, 0) is 62.0 Å². The molecule has 0 radical (unpaired) electrons. The van der Waals surface area contributed by atoms with E-state index in [1.54, 1.807) is 6.07 Å². The van der Waals surface area contributed by atoms with Crippen LogP contribution in [-0.2, 0) is 6.61 Å². The number of rotatable bonds is 7. The molecule has 2 aliphatic rings. The van der Waals surface area contributed by atoms with E-state index < -0.39 is 0 Å². The van der Waals surface area contributed by atoms with Gasteiger partial charge in [0.05, 0.1) is 12.1 Å². The summed E-state index contributed by atoms with van der Waals surface area (Å²) in [5, 5.41) is 6.08. The summed E-state index contributed by atoms with van der Waals surface area (Å²) in [6, 6.07) is 15.4. The number of carbonyl (C=O) groups excluding carboxylic acids is 1. The first-order chi connectivity index (χ1) is 15.2.